The summed E-state index contributed by atoms with van der Waals surface area (Å²) in [7, 11) is 4.62. The quantitative estimate of drug-likeness (QED) is 0.787. The lowest BCUT2D eigenvalue weighted by atomic mass is 9.99. The van der Waals surface area contributed by atoms with Gasteiger partial charge in [0.25, 0.3) is 0 Å². The SMILES string of the molecule is COc1ccc(-c2cc(OC)c(OC)cc2C=O)cc1Cl. The lowest BCUT2D eigenvalue weighted by molar-refractivity contribution is 0.112. The van der Waals surface area contributed by atoms with Gasteiger partial charge in [0, 0.05) is 5.56 Å². The second-order valence-electron chi connectivity index (χ2n) is 4.26. The molecule has 2 aromatic rings. The van der Waals surface area contributed by atoms with Gasteiger partial charge < -0.3 is 14.2 Å². The topological polar surface area (TPSA) is 44.8 Å². The molecule has 2 rings (SSSR count). The number of benzene rings is 2. The second kappa shape index (κ2) is 6.50. The molecule has 4 nitrogen and oxygen atoms in total. The lowest BCUT2D eigenvalue weighted by Gasteiger charge is -2.13. The van der Waals surface area contributed by atoms with Crippen molar-refractivity contribution in [2.75, 3.05) is 21.3 Å². The molecule has 0 N–H and O–H groups in total. The minimum absolute atomic E-state index is 0.474. The summed E-state index contributed by atoms with van der Waals surface area (Å²) in [6, 6.07) is 8.72. The first kappa shape index (κ1) is 15.2. The Bertz CT molecular complexity index is 668. The van der Waals surface area contributed by atoms with Crippen molar-refractivity contribution in [3.63, 3.8) is 0 Å². The molecule has 0 fully saturated rings. The van der Waals surface area contributed by atoms with Crippen molar-refractivity contribution >= 4 is 17.9 Å². The Morgan fingerprint density at radius 2 is 1.52 bits per heavy atom. The molecule has 21 heavy (non-hydrogen) atoms. The molecule has 0 aliphatic heterocycles. The van der Waals surface area contributed by atoms with Gasteiger partial charge in [-0.25, -0.2) is 0 Å². The molecule has 5 heteroatoms. The molecule has 0 atom stereocenters. The summed E-state index contributed by atoms with van der Waals surface area (Å²) in [5.41, 5.74) is 2.00. The Morgan fingerprint density at radius 3 is 2.05 bits per heavy atom. The van der Waals surface area contributed by atoms with Gasteiger partial charge in [-0.05, 0) is 35.4 Å². The van der Waals surface area contributed by atoms with E-state index in [4.69, 9.17) is 25.8 Å². The molecule has 0 radical (unpaired) electrons. The van der Waals surface area contributed by atoms with Crippen LogP contribution in [-0.4, -0.2) is 27.6 Å². The molecule has 0 aromatic heterocycles. The first-order valence-electron chi connectivity index (χ1n) is 6.19. The summed E-state index contributed by atoms with van der Waals surface area (Å²) in [6.45, 7) is 0. The maximum absolute atomic E-state index is 11.3. The monoisotopic (exact) mass is 306 g/mol. The first-order chi connectivity index (χ1) is 10.1. The number of rotatable bonds is 5. The number of methoxy groups -OCH3 is 3. The van der Waals surface area contributed by atoms with E-state index in [0.717, 1.165) is 11.8 Å². The fourth-order valence-corrected chi connectivity index (χ4v) is 2.33. The normalized spacial score (nSPS) is 10.1. The number of ether oxygens (including phenoxy) is 3. The van der Waals surface area contributed by atoms with Gasteiger partial charge in [-0.1, -0.05) is 17.7 Å². The van der Waals surface area contributed by atoms with Crippen molar-refractivity contribution in [2.24, 2.45) is 0 Å². The van der Waals surface area contributed by atoms with Gasteiger partial charge >= 0.3 is 0 Å². The van der Waals surface area contributed by atoms with Crippen LogP contribution >= 0.6 is 11.6 Å². The van der Waals surface area contributed by atoms with E-state index < -0.39 is 0 Å². The van der Waals surface area contributed by atoms with Gasteiger partial charge in [0.15, 0.2) is 17.8 Å². The predicted octanol–water partition coefficient (Wildman–Crippen LogP) is 3.85. The summed E-state index contributed by atoms with van der Waals surface area (Å²) >= 11 is 6.14. The number of aldehydes is 1. The molecular weight excluding hydrogens is 292 g/mol. The zero-order chi connectivity index (χ0) is 15.4. The second-order valence-corrected chi connectivity index (χ2v) is 4.67. The zero-order valence-electron chi connectivity index (χ0n) is 12.0. The van der Waals surface area contributed by atoms with Crippen molar-refractivity contribution in [1.82, 2.24) is 0 Å². The third-order valence-electron chi connectivity index (χ3n) is 3.15. The highest BCUT2D eigenvalue weighted by molar-refractivity contribution is 6.32. The van der Waals surface area contributed by atoms with Gasteiger partial charge in [-0.15, -0.1) is 0 Å². The van der Waals surface area contributed by atoms with Crippen LogP contribution < -0.4 is 14.2 Å². The standard InChI is InChI=1S/C16H15ClO4/c1-19-14-5-4-10(6-13(14)17)12-8-16(21-3)15(20-2)7-11(12)9-18/h4-9H,1-3H3. The molecular formula is C16H15ClO4. The average molecular weight is 307 g/mol. The van der Waals surface area contributed by atoms with E-state index in [2.05, 4.69) is 0 Å². The van der Waals surface area contributed by atoms with Gasteiger partial charge in [0.1, 0.15) is 5.75 Å². The smallest absolute Gasteiger partial charge is 0.161 e. The van der Waals surface area contributed by atoms with Gasteiger partial charge in [0.2, 0.25) is 0 Å². The fraction of sp³-hybridized carbons (Fsp3) is 0.188. The highest BCUT2D eigenvalue weighted by Gasteiger charge is 2.13. The maximum Gasteiger partial charge on any atom is 0.161 e. The minimum atomic E-state index is 0.474. The van der Waals surface area contributed by atoms with Crippen molar-refractivity contribution in [2.45, 2.75) is 0 Å². The number of carbonyl (C=O) groups excluding carboxylic acids is 1. The molecule has 0 amide bonds. The first-order valence-corrected chi connectivity index (χ1v) is 6.57. The highest BCUT2D eigenvalue weighted by atomic mass is 35.5. The van der Waals surface area contributed by atoms with E-state index in [0.29, 0.717) is 33.4 Å². The molecule has 2 aromatic carbocycles. The molecule has 110 valence electrons. The number of carbonyl (C=O) groups is 1. The highest BCUT2D eigenvalue weighted by Crippen LogP contribution is 2.37. The fourth-order valence-electron chi connectivity index (χ4n) is 2.08. The molecule has 0 spiro atoms. The summed E-state index contributed by atoms with van der Waals surface area (Å²) in [5.74, 6) is 1.63. The van der Waals surface area contributed by atoms with Gasteiger partial charge in [-0.3, -0.25) is 4.79 Å². The van der Waals surface area contributed by atoms with E-state index in [-0.39, 0.29) is 0 Å². The number of hydrogen-bond donors (Lipinski definition) is 0. The van der Waals surface area contributed by atoms with Crippen molar-refractivity contribution in [3.05, 3.63) is 40.9 Å². The van der Waals surface area contributed by atoms with E-state index in [1.807, 2.05) is 6.07 Å². The van der Waals surface area contributed by atoms with E-state index in [9.17, 15) is 4.79 Å². The van der Waals surface area contributed by atoms with Crippen LogP contribution in [0.15, 0.2) is 30.3 Å². The maximum atomic E-state index is 11.3. The summed E-state index contributed by atoms with van der Waals surface area (Å²) in [6.07, 6.45) is 0.773. The Morgan fingerprint density at radius 1 is 0.905 bits per heavy atom. The summed E-state index contributed by atoms with van der Waals surface area (Å²) in [4.78, 5) is 11.3. The average Bonchev–Trinajstić information content (AvgIpc) is 2.53. The van der Waals surface area contributed by atoms with Crippen LogP contribution in [0.4, 0.5) is 0 Å². The Balaban J connectivity index is 2.61. The Kier molecular flexibility index (Phi) is 4.70. The van der Waals surface area contributed by atoms with Crippen LogP contribution in [0.2, 0.25) is 5.02 Å². The van der Waals surface area contributed by atoms with Crippen LogP contribution in [-0.2, 0) is 0 Å². The van der Waals surface area contributed by atoms with Crippen LogP contribution in [0.1, 0.15) is 10.4 Å². The van der Waals surface area contributed by atoms with Crippen molar-refractivity contribution < 1.29 is 19.0 Å². The van der Waals surface area contributed by atoms with Crippen LogP contribution in [0.5, 0.6) is 17.2 Å². The van der Waals surface area contributed by atoms with Crippen LogP contribution in [0.25, 0.3) is 11.1 Å². The van der Waals surface area contributed by atoms with Crippen molar-refractivity contribution in [3.8, 4) is 28.4 Å². The molecule has 0 saturated carbocycles. The molecule has 0 unspecified atom stereocenters. The molecule has 0 aliphatic rings. The van der Waals surface area contributed by atoms with E-state index in [1.165, 1.54) is 7.11 Å². The number of halogens is 1. The van der Waals surface area contributed by atoms with Gasteiger partial charge in [-0.2, -0.15) is 0 Å². The largest absolute Gasteiger partial charge is 0.495 e. The third-order valence-corrected chi connectivity index (χ3v) is 3.44. The molecule has 0 bridgehead atoms. The van der Waals surface area contributed by atoms with E-state index >= 15 is 0 Å². The molecule has 0 saturated heterocycles. The third kappa shape index (κ3) is 2.95. The van der Waals surface area contributed by atoms with Crippen LogP contribution in [0, 0.1) is 0 Å². The molecule has 0 heterocycles. The Labute approximate surface area is 128 Å². The van der Waals surface area contributed by atoms with Crippen molar-refractivity contribution in [1.29, 1.82) is 0 Å². The zero-order valence-corrected chi connectivity index (χ0v) is 12.7. The number of hydrogen-bond acceptors (Lipinski definition) is 4. The minimum Gasteiger partial charge on any atom is -0.495 e. The lowest BCUT2D eigenvalue weighted by Crippen LogP contribution is -1.95. The van der Waals surface area contributed by atoms with Crippen LogP contribution in [0.3, 0.4) is 0 Å². The van der Waals surface area contributed by atoms with Gasteiger partial charge in [0.05, 0.1) is 26.4 Å². The summed E-state index contributed by atoms with van der Waals surface area (Å²) in [5, 5.41) is 0.474. The summed E-state index contributed by atoms with van der Waals surface area (Å²) < 4.78 is 15.6. The predicted molar refractivity (Wildman–Crippen MR) is 81.9 cm³/mol. The van der Waals surface area contributed by atoms with E-state index in [1.54, 1.807) is 38.5 Å². The Hall–Kier alpha value is -2.20. The molecule has 0 aliphatic carbocycles.